The molecular weight excluding hydrogens is 1200 g/mol. The first-order valence-electron chi connectivity index (χ1n) is 30.4. The van der Waals surface area contributed by atoms with Gasteiger partial charge in [0.2, 0.25) is 0 Å². The molecule has 1 heterocycles. The van der Waals surface area contributed by atoms with Crippen LogP contribution in [0.15, 0.2) is 72.8 Å². The van der Waals surface area contributed by atoms with Crippen molar-refractivity contribution in [1.82, 2.24) is 0 Å². The van der Waals surface area contributed by atoms with Crippen molar-refractivity contribution in [1.29, 1.82) is 0 Å². The van der Waals surface area contributed by atoms with E-state index < -0.39 is 128 Å². The largest absolute Gasteiger partial charge is 0.462 e. The summed E-state index contributed by atoms with van der Waals surface area (Å²) in [7, 11) is -17.3. The number of hydrogen-bond donors (Lipinski definition) is 0. The number of hydrogen-bond acceptors (Lipinski definition) is 8. The Morgan fingerprint density at radius 1 is 0.386 bits per heavy atom. The smallest absolute Gasteiger partial charge is 0.311 e. The molecule has 0 radical (unpaired) electrons. The summed E-state index contributed by atoms with van der Waals surface area (Å²) in [6, 6.07) is 29.6. The van der Waals surface area contributed by atoms with Gasteiger partial charge in [-0.1, -0.05) is 271 Å². The van der Waals surface area contributed by atoms with E-state index in [9.17, 15) is 9.59 Å². The van der Waals surface area contributed by atoms with Gasteiger partial charge in [-0.15, -0.1) is 0 Å². The molecule has 0 amide bonds. The van der Waals surface area contributed by atoms with Crippen LogP contribution in [0.4, 0.5) is 0 Å². The Kier molecular flexibility index (Phi) is 22.2. The van der Waals surface area contributed by atoms with Crippen molar-refractivity contribution in [2.45, 2.75) is 229 Å². The maximum atomic E-state index is 14.8. The van der Waals surface area contributed by atoms with Crippen LogP contribution in [0.3, 0.4) is 0 Å². The number of ether oxygens (including phenoxy) is 4. The summed E-state index contributed by atoms with van der Waals surface area (Å²) in [5.74, 6) is -0.759. The van der Waals surface area contributed by atoms with E-state index in [2.05, 4.69) is 230 Å². The van der Waals surface area contributed by atoms with Crippen molar-refractivity contribution in [3.63, 3.8) is 0 Å². The second-order valence-corrected chi connectivity index (χ2v) is 78.3. The second kappa shape index (κ2) is 25.6. The van der Waals surface area contributed by atoms with Crippen LogP contribution in [-0.4, -0.2) is 121 Å². The Balaban J connectivity index is 2.08. The van der Waals surface area contributed by atoms with Gasteiger partial charge < -0.3 is 28.0 Å². The molecule has 4 aromatic carbocycles. The van der Waals surface area contributed by atoms with Crippen LogP contribution in [0.25, 0.3) is 0 Å². The molecule has 1 aliphatic rings. The molecule has 0 bridgehead atoms. The zero-order valence-corrected chi connectivity index (χ0v) is 67.5. The highest BCUT2D eigenvalue weighted by Gasteiger charge is 2.54. The quantitative estimate of drug-likeness (QED) is 0.0491. The molecule has 0 aromatic heterocycles. The lowest BCUT2D eigenvalue weighted by Crippen LogP contribution is -2.62. The number of carbonyl (C=O) groups is 2. The molecule has 18 heteroatoms. The van der Waals surface area contributed by atoms with Gasteiger partial charge in [-0.3, -0.25) is 9.59 Å². The number of carbonyl (C=O) groups excluding carboxylic acids is 2. The summed E-state index contributed by atoms with van der Waals surface area (Å²) in [4.78, 5) is 29.0. The number of methoxy groups -OCH3 is 1. The average Bonchev–Trinajstić information content (AvgIpc) is 3.34. The molecule has 1 saturated heterocycles. The maximum Gasteiger partial charge on any atom is 0.311 e. The Hall–Kier alpha value is -1.74. The predicted octanol–water partition coefficient (Wildman–Crippen LogP) is 11.1. The lowest BCUT2D eigenvalue weighted by atomic mass is 9.95. The second-order valence-electron chi connectivity index (χ2n) is 34.1. The Bertz CT molecular complexity index is 2670. The van der Waals surface area contributed by atoms with Crippen LogP contribution in [0, 0.1) is 10.8 Å². The molecule has 462 valence electrons. The summed E-state index contributed by atoms with van der Waals surface area (Å²) in [6.07, 6.45) is -5.05. The van der Waals surface area contributed by atoms with E-state index in [1.165, 1.54) is 41.5 Å². The van der Waals surface area contributed by atoms with Crippen LogP contribution in [0.2, 0.25) is 157 Å². The van der Waals surface area contributed by atoms with E-state index >= 15 is 0 Å². The van der Waals surface area contributed by atoms with Gasteiger partial charge in [-0.25, -0.2) is 0 Å². The van der Waals surface area contributed by atoms with Crippen LogP contribution < -0.4 is 62.7 Å². The highest BCUT2D eigenvalue weighted by atomic mass is 31.1. The van der Waals surface area contributed by atoms with Gasteiger partial charge in [-0.05, 0) is 41.5 Å². The lowest BCUT2D eigenvalue weighted by molar-refractivity contribution is -0.291. The highest BCUT2D eigenvalue weighted by Crippen LogP contribution is 2.47. The van der Waals surface area contributed by atoms with E-state index in [1.54, 1.807) is 7.11 Å². The van der Waals surface area contributed by atoms with Gasteiger partial charge in [0.25, 0.3) is 0 Å². The molecule has 0 saturated carbocycles. The van der Waals surface area contributed by atoms with Crippen molar-refractivity contribution in [2.75, 3.05) is 13.7 Å². The minimum absolute atomic E-state index is 0.137. The predicted molar refractivity (Wildman–Crippen MR) is 387 cm³/mol. The third kappa shape index (κ3) is 18.9. The van der Waals surface area contributed by atoms with Gasteiger partial charge in [0.15, 0.2) is 12.4 Å². The summed E-state index contributed by atoms with van der Waals surface area (Å²) < 4.78 is 43.6. The summed E-state index contributed by atoms with van der Waals surface area (Å²) in [5, 5.41) is 15.6. The van der Waals surface area contributed by atoms with Crippen LogP contribution >= 0.6 is 16.3 Å². The van der Waals surface area contributed by atoms with Gasteiger partial charge in [0, 0.05) is 28.3 Å². The first-order chi connectivity index (χ1) is 37.2. The van der Waals surface area contributed by atoms with Crippen molar-refractivity contribution < 1.29 is 37.6 Å². The van der Waals surface area contributed by atoms with Gasteiger partial charge in [0.05, 0.1) is 91.7 Å². The topological polar surface area (TPSA) is 89.5 Å². The summed E-state index contributed by atoms with van der Waals surface area (Å²) >= 11 is 0. The van der Waals surface area contributed by atoms with Crippen molar-refractivity contribution in [2.24, 2.45) is 10.8 Å². The minimum atomic E-state index is -1.94. The van der Waals surface area contributed by atoms with Gasteiger partial charge >= 0.3 is 11.9 Å². The molecule has 5 atom stereocenters. The minimum Gasteiger partial charge on any atom is -0.462 e. The number of benzene rings is 4. The van der Waals surface area contributed by atoms with Gasteiger partial charge in [-0.2, -0.15) is 0 Å². The molecule has 0 N–H and O–H groups in total. The fourth-order valence-corrected chi connectivity index (χ4v) is 24.5. The van der Waals surface area contributed by atoms with E-state index in [1.807, 2.05) is 41.5 Å². The van der Waals surface area contributed by atoms with Crippen molar-refractivity contribution >= 4 is 156 Å². The van der Waals surface area contributed by atoms with Crippen molar-refractivity contribution in [3.05, 3.63) is 72.8 Å². The highest BCUT2D eigenvalue weighted by molar-refractivity contribution is 7.69. The molecule has 0 aliphatic carbocycles. The molecule has 1 fully saturated rings. The molecule has 5 rings (SSSR count). The van der Waals surface area contributed by atoms with Gasteiger partial charge in [0.1, 0.15) is 24.9 Å². The van der Waals surface area contributed by atoms with E-state index in [0.717, 1.165) is 21.2 Å². The molecule has 8 nitrogen and oxygen atoms in total. The van der Waals surface area contributed by atoms with Crippen molar-refractivity contribution in [3.8, 4) is 0 Å². The number of rotatable bonds is 20. The molecule has 4 aromatic rings. The fourth-order valence-electron chi connectivity index (χ4n) is 9.41. The summed E-state index contributed by atoms with van der Waals surface area (Å²) in [6.45, 7) is 69.6. The molecule has 1 aliphatic heterocycles. The third-order valence-corrected chi connectivity index (χ3v) is 35.6. The molecule has 0 spiro atoms. The zero-order chi connectivity index (χ0) is 63.6. The Labute approximate surface area is 516 Å². The van der Waals surface area contributed by atoms with Crippen LogP contribution in [0.5, 0.6) is 0 Å². The molecular formula is C65H112O8P2Si8. The summed E-state index contributed by atoms with van der Waals surface area (Å²) in [5.41, 5.74) is -1.69. The average molecular weight is 1310 g/mol. The SMILES string of the molecule is CO[C@H]1O[C@H](COC(=O)C(C)(C)C)[C@@H](OP(c2cc([Si](C)(C)C)cc([Si](C)(C)C)c2)c2cc([Si](C)(C)C)cc([Si](C)(C)C)c2)[C@H](OP(c2cc([Si](C)(C)C)cc([Si](C)(C)C)c2)c2cc([Si](C)(C)C)cc([Si](C)(C)C)c2)[C@H]1OC(=O)C(C)(C)C. The Morgan fingerprint density at radius 2 is 0.627 bits per heavy atom. The van der Waals surface area contributed by atoms with E-state index in [4.69, 9.17) is 28.0 Å². The monoisotopic (exact) mass is 1310 g/mol. The maximum absolute atomic E-state index is 14.8. The zero-order valence-electron chi connectivity index (χ0n) is 57.7. The Morgan fingerprint density at radius 3 is 0.843 bits per heavy atom. The molecule has 0 unspecified atom stereocenters. The fraction of sp³-hybridized carbons (Fsp3) is 0.600. The lowest BCUT2D eigenvalue weighted by Gasteiger charge is -2.47. The van der Waals surface area contributed by atoms with E-state index in [0.29, 0.717) is 0 Å². The number of esters is 2. The first-order valence-corrected chi connectivity index (χ1v) is 60.9. The molecule has 83 heavy (non-hydrogen) atoms. The normalized spacial score (nSPS) is 19.4. The van der Waals surface area contributed by atoms with E-state index in [-0.39, 0.29) is 12.6 Å². The van der Waals surface area contributed by atoms with Crippen LogP contribution in [-0.2, 0) is 37.6 Å². The first kappa shape index (κ1) is 72.0. The standard InChI is InChI=1S/C65H112O8P2Si8/c1-64(2,3)62(66)69-44-57-58(72-74(45-32-49(76(8,9)10)40-50(33-45)77(11,12)13)46-34-51(78(14,15)16)41-52(35-46)79(17,18)19)59(60(61(68-7)70-57)71-63(67)65(4,5)6)73-75(47-36-53(80(20,21)22)42-54(37-47)81(23,24)25)48-38-55(82(26,27)28)43-56(39-48)83(29,30)31/h32-43,57-61H,44H2,1-31H3/t57-,58-,59+,60-,61+/m1/s1. The third-order valence-electron chi connectivity index (χ3n) is 15.7. The van der Waals surface area contributed by atoms with Crippen LogP contribution in [0.1, 0.15) is 41.5 Å².